The first-order valence-corrected chi connectivity index (χ1v) is 30.7. The van der Waals surface area contributed by atoms with Crippen LogP contribution in [0, 0.1) is 50.2 Å². The lowest BCUT2D eigenvalue weighted by atomic mass is 9.33. The first-order chi connectivity index (χ1) is 39.2. The Bertz CT molecular complexity index is 2420. The number of carbonyl (C=O) groups excluding carboxylic acids is 1. The Morgan fingerprint density at radius 1 is 0.643 bits per heavy atom. The fourth-order valence-corrected chi connectivity index (χ4v) is 17.9. The molecule has 0 bridgehead atoms. The molecule has 4 saturated carbocycles. The number of fused-ring (bicyclic) bond motifs is 7. The SMILES string of the molecule is C/C=C(/C)C(=O)O[C@H]1CC(C)(C)C[C@H]2C3=CCC4[C@@]5(C)CC[C@H](O[C@@H]6O[C@H](C(=O)O)[C@@H](O[C@@H]7O[C@H](CO)[C@H](O)[C@H](O)[C@H]7O[C@@H]7O[C@H](CC)[C@@H](O)[C@H](O)[C@H]7O)[C@H](O)[C@H]6OC6O[C@@H](C)[C@H](O)[C@@H](O)[C@H]6O)C(C)(C)C5CC[C@@]4(C)[C@]3(C)C[C@@H](O)[C@@]12CC. The number of allylic oxidation sites excluding steroid dienone is 3. The van der Waals surface area contributed by atoms with Crippen molar-refractivity contribution >= 4 is 11.9 Å². The predicted molar refractivity (Wildman–Crippen MR) is 294 cm³/mol. The van der Waals surface area contributed by atoms with Crippen LogP contribution < -0.4 is 0 Å². The van der Waals surface area contributed by atoms with E-state index in [-0.39, 0.29) is 46.4 Å². The highest BCUT2D eigenvalue weighted by Gasteiger charge is 2.72. The fourth-order valence-electron chi connectivity index (χ4n) is 17.9. The smallest absolute Gasteiger partial charge is 0.335 e. The quantitative estimate of drug-likeness (QED) is 0.0511. The zero-order valence-electron chi connectivity index (χ0n) is 50.8. The minimum absolute atomic E-state index is 0.00128. The van der Waals surface area contributed by atoms with E-state index in [4.69, 9.17) is 42.6 Å². The maximum absolute atomic E-state index is 13.5. The molecule has 4 heterocycles. The van der Waals surface area contributed by atoms with Crippen LogP contribution in [0.1, 0.15) is 147 Å². The Labute approximate surface area is 492 Å². The zero-order chi connectivity index (χ0) is 61.9. The average Bonchev–Trinajstić information content (AvgIpc) is 1.06. The minimum atomic E-state index is -2.13. The summed E-state index contributed by atoms with van der Waals surface area (Å²) in [5.74, 6) is -1.92. The maximum atomic E-state index is 13.5. The van der Waals surface area contributed by atoms with Crippen molar-refractivity contribution in [2.45, 2.75) is 288 Å². The van der Waals surface area contributed by atoms with Crippen LogP contribution in [0.25, 0.3) is 0 Å². The molecule has 9 aliphatic rings. The number of carboxylic acids is 1. The Kier molecular flexibility index (Phi) is 19.0. The fraction of sp³-hybridized carbons (Fsp3) is 0.902. The minimum Gasteiger partial charge on any atom is -0.479 e. The highest BCUT2D eigenvalue weighted by atomic mass is 16.8. The van der Waals surface area contributed by atoms with Crippen molar-refractivity contribution in [2.24, 2.45) is 50.2 Å². The molecule has 4 aliphatic heterocycles. The first-order valence-electron chi connectivity index (χ1n) is 30.7. The van der Waals surface area contributed by atoms with E-state index >= 15 is 0 Å². The van der Waals surface area contributed by atoms with Crippen LogP contribution >= 0.6 is 0 Å². The molecule has 0 amide bonds. The van der Waals surface area contributed by atoms with E-state index in [0.717, 1.165) is 25.7 Å². The normalized spacial score (nSPS) is 51.9. The number of aliphatic hydroxyl groups is 11. The number of aliphatic hydroxyl groups excluding tert-OH is 11. The van der Waals surface area contributed by atoms with E-state index in [1.54, 1.807) is 19.9 Å². The number of hydrogen-bond donors (Lipinski definition) is 12. The summed E-state index contributed by atoms with van der Waals surface area (Å²) in [5.41, 5.74) is -0.642. The number of carbonyl (C=O) groups is 2. The first kappa shape index (κ1) is 66.1. The van der Waals surface area contributed by atoms with Crippen molar-refractivity contribution in [3.8, 4) is 0 Å². The summed E-state index contributed by atoms with van der Waals surface area (Å²) in [4.78, 5) is 27.0. The Morgan fingerprint density at radius 2 is 1.23 bits per heavy atom. The van der Waals surface area contributed by atoms with Gasteiger partial charge in [-0.15, -0.1) is 0 Å². The van der Waals surface area contributed by atoms with Gasteiger partial charge in [0, 0.05) is 11.0 Å². The van der Waals surface area contributed by atoms with E-state index in [1.807, 2.05) is 6.92 Å². The Balaban J connectivity index is 1.01. The largest absolute Gasteiger partial charge is 0.479 e. The van der Waals surface area contributed by atoms with Gasteiger partial charge in [0.05, 0.1) is 31.0 Å². The maximum Gasteiger partial charge on any atom is 0.335 e. The van der Waals surface area contributed by atoms with Crippen LogP contribution in [0.3, 0.4) is 0 Å². The lowest BCUT2D eigenvalue weighted by Crippen LogP contribution is -2.69. The molecule has 0 radical (unpaired) electrons. The van der Waals surface area contributed by atoms with Crippen LogP contribution in [0.5, 0.6) is 0 Å². The molecule has 0 aromatic rings. The molecule has 23 nitrogen and oxygen atoms in total. The third-order valence-corrected chi connectivity index (χ3v) is 23.1. The molecule has 12 N–H and O–H groups in total. The van der Waals surface area contributed by atoms with Gasteiger partial charge in [-0.2, -0.15) is 0 Å². The van der Waals surface area contributed by atoms with E-state index in [2.05, 4.69) is 61.5 Å². The topological polar surface area (TPSA) is 360 Å². The molecule has 0 spiro atoms. The van der Waals surface area contributed by atoms with Gasteiger partial charge in [0.2, 0.25) is 0 Å². The number of ether oxygens (including phenoxy) is 9. The van der Waals surface area contributed by atoms with Crippen molar-refractivity contribution in [1.29, 1.82) is 0 Å². The van der Waals surface area contributed by atoms with Crippen LogP contribution in [-0.2, 0) is 52.2 Å². The summed E-state index contributed by atoms with van der Waals surface area (Å²) in [7, 11) is 0. The van der Waals surface area contributed by atoms with E-state index < -0.39 is 170 Å². The molecule has 3 unspecified atom stereocenters. The predicted octanol–water partition coefficient (Wildman–Crippen LogP) is 1.85. The molecular formula is C61H98O23. The van der Waals surface area contributed by atoms with Crippen molar-refractivity contribution < 1.29 is 113 Å². The van der Waals surface area contributed by atoms with Crippen LogP contribution in [0.15, 0.2) is 23.3 Å². The number of esters is 1. The van der Waals surface area contributed by atoms with Crippen molar-refractivity contribution in [1.82, 2.24) is 0 Å². The van der Waals surface area contributed by atoms with Gasteiger partial charge < -0.3 is 104 Å². The third kappa shape index (κ3) is 10.8. The molecule has 8 fully saturated rings. The summed E-state index contributed by atoms with van der Waals surface area (Å²) in [5, 5.41) is 134. The summed E-state index contributed by atoms with van der Waals surface area (Å²) in [6.45, 7) is 23.6. The molecule has 9 rings (SSSR count). The molecule has 23 heteroatoms. The van der Waals surface area contributed by atoms with Gasteiger partial charge in [-0.1, -0.05) is 80.0 Å². The number of carboxylic acid groups (broad SMARTS) is 1. The van der Waals surface area contributed by atoms with Gasteiger partial charge in [-0.05, 0) is 130 Å². The van der Waals surface area contributed by atoms with Crippen molar-refractivity contribution in [3.05, 3.63) is 23.3 Å². The van der Waals surface area contributed by atoms with E-state index in [9.17, 15) is 70.9 Å². The van der Waals surface area contributed by atoms with Crippen molar-refractivity contribution in [3.63, 3.8) is 0 Å². The number of rotatable bonds is 14. The van der Waals surface area contributed by atoms with Gasteiger partial charge in [0.25, 0.3) is 0 Å². The van der Waals surface area contributed by atoms with Crippen LogP contribution in [-0.4, -0.2) is 221 Å². The molecule has 480 valence electrons. The molecule has 30 atom stereocenters. The van der Waals surface area contributed by atoms with Gasteiger partial charge in [0.15, 0.2) is 31.3 Å². The van der Waals surface area contributed by atoms with Crippen LogP contribution in [0.4, 0.5) is 0 Å². The second-order valence-electron chi connectivity index (χ2n) is 28.3. The third-order valence-electron chi connectivity index (χ3n) is 23.1. The molecule has 0 aromatic heterocycles. The molecule has 0 aromatic carbocycles. The highest BCUT2D eigenvalue weighted by molar-refractivity contribution is 5.87. The molecule has 5 aliphatic carbocycles. The lowest BCUT2D eigenvalue weighted by Gasteiger charge is -2.72. The summed E-state index contributed by atoms with van der Waals surface area (Å²) in [6.07, 6.45) is -27.1. The van der Waals surface area contributed by atoms with Gasteiger partial charge in [-0.25, -0.2) is 9.59 Å². The monoisotopic (exact) mass is 1200 g/mol. The second-order valence-corrected chi connectivity index (χ2v) is 28.3. The summed E-state index contributed by atoms with van der Waals surface area (Å²) < 4.78 is 55.7. The van der Waals surface area contributed by atoms with Crippen molar-refractivity contribution in [2.75, 3.05) is 6.61 Å². The van der Waals surface area contributed by atoms with Crippen LogP contribution in [0.2, 0.25) is 0 Å². The van der Waals surface area contributed by atoms with E-state index in [0.29, 0.717) is 37.7 Å². The average molecular weight is 1200 g/mol. The summed E-state index contributed by atoms with van der Waals surface area (Å²) >= 11 is 0. The van der Waals surface area contributed by atoms with E-state index in [1.165, 1.54) is 12.5 Å². The highest BCUT2D eigenvalue weighted by Crippen LogP contribution is 2.76. The number of hydrogen-bond acceptors (Lipinski definition) is 22. The standard InChI is InChI=1S/C61H98O23/c1-13-26(4)51(75)79-36-24-56(6,7)22-29-28-16-17-33-58(10)20-19-35(57(8,9)32(58)18-21-59(33,11)60(28,12)23-34(63)61(29,36)15-3)80-55-48(83-52-43(70)40(67)37(64)27(5)76-52)45(72)46(49(84-55)50(73)74)81-54-47(42(69)39(66)31(25-62)78-54)82-53-44(71)41(68)38(65)30(14-2)77-53/h13,16,27,29-49,52-55,62-72H,14-15,17-25H2,1-12H3,(H,73,74)/b26-13-/t27-,29-,30+,31+,32?,33?,34+,35-,36-,37-,38+,39-,40+,41-,42-,43+,44+,45-,46-,47+,48+,49-,52?,53-,54-,55+,58-,59+,60+,61-/m0/s1. The Hall–Kier alpha value is -2.34. The molecule has 4 saturated heterocycles. The summed E-state index contributed by atoms with van der Waals surface area (Å²) in [6, 6.07) is 0. The zero-order valence-corrected chi connectivity index (χ0v) is 50.8. The molecular weight excluding hydrogens is 1100 g/mol. The molecule has 84 heavy (non-hydrogen) atoms. The second kappa shape index (κ2) is 24.1. The van der Waals surface area contributed by atoms with Gasteiger partial charge >= 0.3 is 11.9 Å². The lowest BCUT2D eigenvalue weighted by molar-refractivity contribution is -0.400. The Morgan fingerprint density at radius 3 is 1.83 bits per heavy atom. The van der Waals surface area contributed by atoms with Gasteiger partial charge in [0.1, 0.15) is 85.5 Å². The number of aliphatic carboxylic acids is 1. The van der Waals surface area contributed by atoms with Gasteiger partial charge in [-0.3, -0.25) is 0 Å².